The molecule has 6 heteroatoms. The van der Waals surface area contributed by atoms with Gasteiger partial charge in [0, 0.05) is 23.3 Å². The maximum Gasteiger partial charge on any atom is 0.343 e. The molecule has 0 saturated heterocycles. The van der Waals surface area contributed by atoms with Crippen molar-refractivity contribution >= 4 is 17.3 Å². The highest BCUT2D eigenvalue weighted by Gasteiger charge is 2.44. The average Bonchev–Trinajstić information content (AvgIpc) is 2.56. The molecule has 1 atom stereocenters. The second-order valence-corrected chi connectivity index (χ2v) is 6.72. The largest absolute Gasteiger partial charge is 0.507 e. The van der Waals surface area contributed by atoms with E-state index in [2.05, 4.69) is 6.92 Å². The quantitative estimate of drug-likeness (QED) is 0.595. The lowest BCUT2D eigenvalue weighted by atomic mass is 9.80. The van der Waals surface area contributed by atoms with E-state index in [1.165, 1.54) is 18.2 Å². The molecule has 0 spiro atoms. The van der Waals surface area contributed by atoms with Crippen molar-refractivity contribution in [1.82, 2.24) is 0 Å². The summed E-state index contributed by atoms with van der Waals surface area (Å²) >= 11 is 0. The van der Waals surface area contributed by atoms with Crippen LogP contribution in [-0.4, -0.2) is 34.2 Å². The van der Waals surface area contributed by atoms with Gasteiger partial charge in [0.05, 0.1) is 6.61 Å². The predicted octanol–water partition coefficient (Wildman–Crippen LogP) is 3.69. The van der Waals surface area contributed by atoms with Gasteiger partial charge in [-0.05, 0) is 25.5 Å². The van der Waals surface area contributed by atoms with Crippen LogP contribution < -0.4 is 4.74 Å². The molecule has 0 saturated carbocycles. The molecule has 1 aliphatic heterocycles. The Morgan fingerprint density at radius 1 is 1.15 bits per heavy atom. The summed E-state index contributed by atoms with van der Waals surface area (Å²) in [6.07, 6.45) is 6.65. The van der Waals surface area contributed by atoms with Gasteiger partial charge in [-0.25, -0.2) is 4.79 Å². The Kier molecular flexibility index (Phi) is 4.76. The first-order valence-corrected chi connectivity index (χ1v) is 8.77. The van der Waals surface area contributed by atoms with Gasteiger partial charge in [0.2, 0.25) is 5.78 Å². The second kappa shape index (κ2) is 6.86. The Hall–Kier alpha value is -2.76. The molecule has 2 aliphatic rings. The van der Waals surface area contributed by atoms with Crippen LogP contribution in [0.25, 0.3) is 5.57 Å². The average molecular weight is 358 g/mol. The minimum absolute atomic E-state index is 0.00496. The van der Waals surface area contributed by atoms with E-state index in [9.17, 15) is 19.8 Å². The zero-order valence-corrected chi connectivity index (χ0v) is 14.9. The summed E-state index contributed by atoms with van der Waals surface area (Å²) in [7, 11) is 0. The molecule has 1 aliphatic carbocycles. The van der Waals surface area contributed by atoms with Gasteiger partial charge in [-0.3, -0.25) is 4.79 Å². The van der Waals surface area contributed by atoms with Gasteiger partial charge in [0.15, 0.2) is 11.4 Å². The van der Waals surface area contributed by atoms with E-state index in [0.717, 1.165) is 25.7 Å². The van der Waals surface area contributed by atoms with Gasteiger partial charge in [0.25, 0.3) is 0 Å². The third kappa shape index (κ3) is 3.19. The van der Waals surface area contributed by atoms with Crippen LogP contribution in [0.15, 0.2) is 30.0 Å². The van der Waals surface area contributed by atoms with Gasteiger partial charge in [-0.1, -0.05) is 26.2 Å². The number of aliphatic hydroxyl groups excluding tert-OH is 1. The van der Waals surface area contributed by atoms with Crippen molar-refractivity contribution in [2.24, 2.45) is 0 Å². The van der Waals surface area contributed by atoms with E-state index in [4.69, 9.17) is 9.47 Å². The Bertz CT molecular complexity index is 820. The number of fused-ring (bicyclic) bond motifs is 3. The molecule has 1 unspecified atom stereocenters. The topological polar surface area (TPSA) is 93.1 Å². The van der Waals surface area contributed by atoms with E-state index in [1.807, 2.05) is 0 Å². The molecule has 0 aromatic heterocycles. The first-order valence-electron chi connectivity index (χ1n) is 8.77. The zero-order valence-electron chi connectivity index (χ0n) is 14.9. The number of hydrogen-bond donors (Lipinski definition) is 2. The fourth-order valence-corrected chi connectivity index (χ4v) is 3.26. The fraction of sp³-hybridized carbons (Fsp3) is 0.400. The summed E-state index contributed by atoms with van der Waals surface area (Å²) in [4.78, 5) is 24.2. The molecular formula is C20H22O6. The van der Waals surface area contributed by atoms with E-state index in [0.29, 0.717) is 23.5 Å². The number of phenols is 1. The van der Waals surface area contributed by atoms with Crippen molar-refractivity contribution in [3.8, 4) is 11.5 Å². The SMILES string of the molecule is CCCCCCOc1cc(O)c2c(c1)C1=CC(=O)C(O)=CC1(C)OC2=O. The number of rotatable bonds is 6. The lowest BCUT2D eigenvalue weighted by Crippen LogP contribution is -2.39. The number of phenolic OH excluding ortho intramolecular Hbond substituents is 1. The molecular weight excluding hydrogens is 336 g/mol. The summed E-state index contributed by atoms with van der Waals surface area (Å²) < 4.78 is 11.1. The van der Waals surface area contributed by atoms with Crippen molar-refractivity contribution in [3.05, 3.63) is 41.2 Å². The van der Waals surface area contributed by atoms with Gasteiger partial charge < -0.3 is 19.7 Å². The highest BCUT2D eigenvalue weighted by atomic mass is 16.6. The molecule has 138 valence electrons. The van der Waals surface area contributed by atoms with Gasteiger partial charge in [-0.15, -0.1) is 0 Å². The van der Waals surface area contributed by atoms with Crippen LogP contribution >= 0.6 is 0 Å². The highest BCUT2D eigenvalue weighted by molar-refractivity contribution is 6.14. The predicted molar refractivity (Wildman–Crippen MR) is 95.3 cm³/mol. The Morgan fingerprint density at radius 2 is 1.92 bits per heavy atom. The van der Waals surface area contributed by atoms with Gasteiger partial charge in [-0.2, -0.15) is 0 Å². The lowest BCUT2D eigenvalue weighted by Gasteiger charge is -2.36. The van der Waals surface area contributed by atoms with Crippen molar-refractivity contribution in [2.75, 3.05) is 6.61 Å². The van der Waals surface area contributed by atoms with Crippen LogP contribution in [0, 0.1) is 0 Å². The Morgan fingerprint density at radius 3 is 2.65 bits per heavy atom. The van der Waals surface area contributed by atoms with Crippen LogP contribution in [0.1, 0.15) is 55.5 Å². The highest BCUT2D eigenvalue weighted by Crippen LogP contribution is 2.45. The minimum Gasteiger partial charge on any atom is -0.507 e. The number of hydrogen-bond acceptors (Lipinski definition) is 6. The van der Waals surface area contributed by atoms with Crippen LogP contribution in [0.5, 0.6) is 11.5 Å². The Balaban J connectivity index is 1.94. The molecule has 6 nitrogen and oxygen atoms in total. The number of carbonyl (C=O) groups is 2. The molecule has 0 bridgehead atoms. The molecule has 1 heterocycles. The first kappa shape index (κ1) is 18.0. The summed E-state index contributed by atoms with van der Waals surface area (Å²) in [6.45, 7) is 4.21. The molecule has 2 N–H and O–H groups in total. The number of aromatic hydroxyl groups is 1. The fourth-order valence-electron chi connectivity index (χ4n) is 3.26. The number of benzene rings is 1. The zero-order chi connectivity index (χ0) is 18.9. The first-order chi connectivity index (χ1) is 12.4. The van der Waals surface area contributed by atoms with Gasteiger partial charge in [0.1, 0.15) is 17.1 Å². The van der Waals surface area contributed by atoms with Crippen LogP contribution in [-0.2, 0) is 9.53 Å². The third-order valence-corrected chi connectivity index (χ3v) is 4.63. The second-order valence-electron chi connectivity index (χ2n) is 6.72. The molecule has 26 heavy (non-hydrogen) atoms. The smallest absolute Gasteiger partial charge is 0.343 e. The molecule has 1 aromatic carbocycles. The molecule has 1 aromatic rings. The van der Waals surface area contributed by atoms with Crippen molar-refractivity contribution in [2.45, 2.75) is 45.1 Å². The van der Waals surface area contributed by atoms with E-state index >= 15 is 0 Å². The van der Waals surface area contributed by atoms with Gasteiger partial charge >= 0.3 is 5.97 Å². The number of carbonyl (C=O) groups excluding carboxylic acids is 2. The molecule has 3 rings (SSSR count). The summed E-state index contributed by atoms with van der Waals surface area (Å²) in [5, 5.41) is 20.0. The van der Waals surface area contributed by atoms with Crippen molar-refractivity contribution < 1.29 is 29.3 Å². The van der Waals surface area contributed by atoms with E-state index in [-0.39, 0.29) is 11.3 Å². The standard InChI is InChI=1S/C20H22O6/c1-3-4-5-6-7-25-12-8-13-14-10-15(21)17(23)11-20(14,2)26-19(24)18(13)16(22)9-12/h8-11,22-23H,3-7H2,1-2H3. The minimum atomic E-state index is -1.27. The summed E-state index contributed by atoms with van der Waals surface area (Å²) in [5.41, 5.74) is -0.491. The Labute approximate surface area is 151 Å². The lowest BCUT2D eigenvalue weighted by molar-refractivity contribution is -0.114. The van der Waals surface area contributed by atoms with Crippen LogP contribution in [0.2, 0.25) is 0 Å². The monoisotopic (exact) mass is 358 g/mol. The van der Waals surface area contributed by atoms with Crippen molar-refractivity contribution in [3.63, 3.8) is 0 Å². The van der Waals surface area contributed by atoms with Crippen molar-refractivity contribution in [1.29, 1.82) is 0 Å². The maximum atomic E-state index is 12.4. The normalized spacial score (nSPS) is 21.3. The molecule has 0 radical (unpaired) electrons. The van der Waals surface area contributed by atoms with Crippen LogP contribution in [0.4, 0.5) is 0 Å². The number of esters is 1. The van der Waals surface area contributed by atoms with E-state index < -0.39 is 23.1 Å². The molecule has 0 amide bonds. The summed E-state index contributed by atoms with van der Waals surface area (Å²) in [6, 6.07) is 3.00. The van der Waals surface area contributed by atoms with Crippen LogP contribution in [0.3, 0.4) is 0 Å². The maximum absolute atomic E-state index is 12.4. The molecule has 0 fully saturated rings. The number of ketones is 1. The number of ether oxygens (including phenoxy) is 2. The third-order valence-electron chi connectivity index (χ3n) is 4.63. The summed E-state index contributed by atoms with van der Waals surface area (Å²) in [5.74, 6) is -1.61. The van der Waals surface area contributed by atoms with E-state index in [1.54, 1.807) is 13.0 Å². The number of allylic oxidation sites excluding steroid dienone is 1. The number of unbranched alkanes of at least 4 members (excludes halogenated alkanes) is 3. The number of aliphatic hydroxyl groups is 1.